The van der Waals surface area contributed by atoms with Gasteiger partial charge in [-0.15, -0.1) is 0 Å². The monoisotopic (exact) mass is 241 g/mol. The zero-order valence-electron chi connectivity index (χ0n) is 5.50. The maximum absolute atomic E-state index is 5.70. The zero-order valence-corrected chi connectivity index (χ0v) is 9.33. The van der Waals surface area contributed by atoms with Gasteiger partial charge in [-0.25, -0.2) is 0 Å². The Morgan fingerprint density at radius 1 is 1.00 bits per heavy atom. The van der Waals surface area contributed by atoms with Crippen LogP contribution in [0, 0.1) is 6.92 Å². The van der Waals surface area contributed by atoms with Crippen molar-refractivity contribution in [2.75, 3.05) is 0 Å². The smallest absolute Gasteiger partial charge is 0.0362 e. The van der Waals surface area contributed by atoms with Crippen molar-refractivity contribution >= 4 is 34.8 Å². The fourth-order valence-corrected chi connectivity index (χ4v) is 1.12. The van der Waals surface area contributed by atoms with E-state index in [0.29, 0.717) is 20.6 Å². The molecule has 0 unspecified atom stereocenters. The van der Waals surface area contributed by atoms with Gasteiger partial charge < -0.3 is 0 Å². The van der Waals surface area contributed by atoms with E-state index in [2.05, 4.69) is 6.92 Å². The van der Waals surface area contributed by atoms with Crippen LogP contribution in [0.4, 0.5) is 0 Å². The fraction of sp³-hybridized carbons (Fsp3) is 0. The molecule has 0 atom stereocenters. The molecule has 0 aliphatic carbocycles. The van der Waals surface area contributed by atoms with E-state index in [4.69, 9.17) is 34.8 Å². The molecule has 0 radical (unpaired) electrons. The van der Waals surface area contributed by atoms with Gasteiger partial charge in [0.15, 0.2) is 0 Å². The molecule has 1 aromatic carbocycles. The van der Waals surface area contributed by atoms with E-state index < -0.39 is 0 Å². The summed E-state index contributed by atoms with van der Waals surface area (Å²) >= 11 is 17.0. The first kappa shape index (κ1) is 11.7. The number of rotatable bonds is 0. The van der Waals surface area contributed by atoms with Gasteiger partial charge in [0.05, 0.1) is 0 Å². The van der Waals surface area contributed by atoms with Gasteiger partial charge in [-0.05, 0) is 5.02 Å². The predicted octanol–water partition coefficient (Wildman–Crippen LogP) is 3.83. The molecule has 11 heavy (non-hydrogen) atoms. The van der Waals surface area contributed by atoms with Crippen LogP contribution < -0.4 is 0 Å². The van der Waals surface area contributed by atoms with Crippen molar-refractivity contribution in [1.82, 2.24) is 0 Å². The Balaban J connectivity index is 0.000001000. The first-order valence-electron chi connectivity index (χ1n) is 2.58. The Bertz CT molecular complexity index is 233. The largest absolute Gasteiger partial charge is 0.197 e. The Kier molecular flexibility index (Phi) is 4.92. The third-order valence-electron chi connectivity index (χ3n) is 1.12. The van der Waals surface area contributed by atoms with E-state index in [-0.39, 0.29) is 21.7 Å². The van der Waals surface area contributed by atoms with Crippen molar-refractivity contribution in [2.24, 2.45) is 0 Å². The van der Waals surface area contributed by atoms with Gasteiger partial charge in [-0.3, -0.25) is 0 Å². The van der Waals surface area contributed by atoms with Crippen LogP contribution in [0.5, 0.6) is 0 Å². The molecule has 4 heteroatoms. The van der Waals surface area contributed by atoms with Gasteiger partial charge in [-0.1, -0.05) is 29.3 Å². The molecule has 0 aliphatic rings. The molecule has 58 valence electrons. The van der Waals surface area contributed by atoms with E-state index in [1.165, 1.54) is 0 Å². The summed E-state index contributed by atoms with van der Waals surface area (Å²) in [5, 5.41) is 1.25. The quantitative estimate of drug-likeness (QED) is 0.368. The standard InChI is InChI=1S/C7H4Cl3.Ti/c1-4-2-3-5(8)7(10)6(4)9;/h2-3H,1H2;/q-1;. The van der Waals surface area contributed by atoms with E-state index in [1.807, 2.05) is 0 Å². The van der Waals surface area contributed by atoms with Crippen LogP contribution in [-0.4, -0.2) is 0 Å². The number of hydrogen-bond donors (Lipinski definition) is 0. The second kappa shape index (κ2) is 4.64. The van der Waals surface area contributed by atoms with Crippen molar-refractivity contribution < 1.29 is 21.7 Å². The second-order valence-corrected chi connectivity index (χ2v) is 3.00. The van der Waals surface area contributed by atoms with Crippen molar-refractivity contribution in [3.8, 4) is 0 Å². The minimum Gasteiger partial charge on any atom is -0.197 e. The van der Waals surface area contributed by atoms with Crippen molar-refractivity contribution in [3.63, 3.8) is 0 Å². The molecule has 0 N–H and O–H groups in total. The molecule has 0 bridgehead atoms. The third kappa shape index (κ3) is 2.57. The maximum Gasteiger partial charge on any atom is 0.0362 e. The summed E-state index contributed by atoms with van der Waals surface area (Å²) in [6.45, 7) is 3.65. The molecule has 0 fully saturated rings. The molecule has 0 amide bonds. The summed E-state index contributed by atoms with van der Waals surface area (Å²) in [5.41, 5.74) is 0.691. The molecule has 0 heterocycles. The number of hydrogen-bond acceptors (Lipinski definition) is 0. The first-order chi connectivity index (χ1) is 4.63. The Labute approximate surface area is 95.7 Å². The summed E-state index contributed by atoms with van der Waals surface area (Å²) in [6.07, 6.45) is 0. The number of halogens is 3. The minimum absolute atomic E-state index is 0. The molecule has 1 aromatic rings. The molecule has 0 saturated carbocycles. The van der Waals surface area contributed by atoms with Gasteiger partial charge in [-0.2, -0.15) is 30.2 Å². The van der Waals surface area contributed by atoms with Crippen LogP contribution in [0.25, 0.3) is 0 Å². The first-order valence-corrected chi connectivity index (χ1v) is 3.72. The molecule has 1 rings (SSSR count). The summed E-state index contributed by atoms with van der Waals surface area (Å²) < 4.78 is 0. The van der Waals surface area contributed by atoms with E-state index >= 15 is 0 Å². The normalized spacial score (nSPS) is 9.00. The van der Waals surface area contributed by atoms with Gasteiger partial charge in [0.25, 0.3) is 0 Å². The van der Waals surface area contributed by atoms with Crippen LogP contribution >= 0.6 is 34.8 Å². The van der Waals surface area contributed by atoms with Crippen molar-refractivity contribution in [1.29, 1.82) is 0 Å². The predicted molar refractivity (Wildman–Crippen MR) is 45.9 cm³/mol. The maximum atomic E-state index is 5.70. The second-order valence-electron chi connectivity index (χ2n) is 1.83. The van der Waals surface area contributed by atoms with Gasteiger partial charge >= 0.3 is 0 Å². The van der Waals surface area contributed by atoms with E-state index in [0.717, 1.165) is 0 Å². The van der Waals surface area contributed by atoms with Crippen LogP contribution in [0.15, 0.2) is 12.1 Å². The minimum atomic E-state index is 0. The third-order valence-corrected chi connectivity index (χ3v) is 2.45. The summed E-state index contributed by atoms with van der Waals surface area (Å²) in [6, 6.07) is 3.38. The Morgan fingerprint density at radius 2 is 1.55 bits per heavy atom. The van der Waals surface area contributed by atoms with Crippen LogP contribution in [0.3, 0.4) is 0 Å². The zero-order chi connectivity index (χ0) is 7.72. The van der Waals surface area contributed by atoms with Gasteiger partial charge in [0, 0.05) is 31.8 Å². The average Bonchev–Trinajstić information content (AvgIpc) is 1.93. The van der Waals surface area contributed by atoms with Crippen molar-refractivity contribution in [3.05, 3.63) is 39.7 Å². The summed E-state index contributed by atoms with van der Waals surface area (Å²) in [7, 11) is 0. The van der Waals surface area contributed by atoms with Crippen LogP contribution in [-0.2, 0) is 21.7 Å². The van der Waals surface area contributed by atoms with Crippen LogP contribution in [0.1, 0.15) is 5.56 Å². The SMILES string of the molecule is [CH2-]c1ccc(Cl)c(Cl)c1Cl.[Ti]. The summed E-state index contributed by atoms with van der Waals surface area (Å²) in [5.74, 6) is 0. The average molecular weight is 242 g/mol. The van der Waals surface area contributed by atoms with Gasteiger partial charge in [0.1, 0.15) is 0 Å². The Hall–Kier alpha value is 0.674. The molecule has 0 aromatic heterocycles. The number of benzene rings is 1. The molecular formula is C7H4Cl3Ti-. The molecule has 0 spiro atoms. The molecular weight excluding hydrogens is 238 g/mol. The van der Waals surface area contributed by atoms with E-state index in [9.17, 15) is 0 Å². The van der Waals surface area contributed by atoms with Crippen molar-refractivity contribution in [2.45, 2.75) is 0 Å². The van der Waals surface area contributed by atoms with E-state index in [1.54, 1.807) is 12.1 Å². The Morgan fingerprint density at radius 3 is 2.00 bits per heavy atom. The molecule has 0 nitrogen and oxygen atoms in total. The molecule has 0 aliphatic heterocycles. The topological polar surface area (TPSA) is 0 Å². The summed E-state index contributed by atoms with van der Waals surface area (Å²) in [4.78, 5) is 0. The molecule has 0 saturated heterocycles. The van der Waals surface area contributed by atoms with Crippen LogP contribution in [0.2, 0.25) is 15.1 Å². The van der Waals surface area contributed by atoms with Gasteiger partial charge in [0.2, 0.25) is 0 Å². The fourth-order valence-electron chi connectivity index (χ4n) is 0.566.